The van der Waals surface area contributed by atoms with Gasteiger partial charge in [-0.05, 0) is 48.7 Å². The lowest BCUT2D eigenvalue weighted by Gasteiger charge is -2.13. The maximum absolute atomic E-state index is 13.5. The Morgan fingerprint density at radius 2 is 1.82 bits per heavy atom. The molecule has 2 aromatic rings. The second kappa shape index (κ2) is 4.63. The van der Waals surface area contributed by atoms with E-state index in [1.165, 1.54) is 6.07 Å². The molecule has 0 spiro atoms. The number of hydrogen-bond donors (Lipinski definition) is 1. The van der Waals surface area contributed by atoms with Gasteiger partial charge < -0.3 is 5.73 Å². The molecule has 0 aliphatic carbocycles. The zero-order valence-electron chi connectivity index (χ0n) is 9.94. The molecule has 2 rings (SSSR count). The molecule has 1 atom stereocenters. The van der Waals surface area contributed by atoms with Crippen LogP contribution in [0.25, 0.3) is 0 Å². The fraction of sp³-hybridized carbons (Fsp3) is 0.214. The molecule has 0 amide bonds. The van der Waals surface area contributed by atoms with Gasteiger partial charge in [-0.15, -0.1) is 0 Å². The summed E-state index contributed by atoms with van der Waals surface area (Å²) in [5, 5.41) is 0. The summed E-state index contributed by atoms with van der Waals surface area (Å²) in [5.41, 5.74) is 9.37. The number of halogens is 1. The monoisotopic (exact) mass is 230 g/mol. The summed E-state index contributed by atoms with van der Waals surface area (Å²) in [5.74, 6) is -0.219. The first-order valence-corrected chi connectivity index (χ1v) is 5.52. The van der Waals surface area contributed by atoms with Gasteiger partial charge in [-0.25, -0.2) is 4.39 Å². The molecule has 3 heteroatoms. The van der Waals surface area contributed by atoms with E-state index in [1.54, 1.807) is 19.2 Å². The standard InChI is InChI=1S/C14H15FN2/c1-9-3-4-11(8-13(9)15)14(16)12-5-6-17-10(2)7-12/h3-8,14H,16H2,1-2H3. The van der Waals surface area contributed by atoms with Crippen LogP contribution in [0.2, 0.25) is 0 Å². The molecule has 0 bridgehead atoms. The molecule has 2 N–H and O–H groups in total. The molecule has 2 nitrogen and oxygen atoms in total. The maximum Gasteiger partial charge on any atom is 0.126 e. The third-order valence-electron chi connectivity index (χ3n) is 2.83. The number of aryl methyl sites for hydroxylation is 2. The second-order valence-corrected chi connectivity index (χ2v) is 4.22. The van der Waals surface area contributed by atoms with Crippen LogP contribution < -0.4 is 5.73 Å². The fourth-order valence-electron chi connectivity index (χ4n) is 1.76. The number of nitrogens with zero attached hydrogens (tertiary/aromatic N) is 1. The van der Waals surface area contributed by atoms with Crippen molar-refractivity contribution in [2.75, 3.05) is 0 Å². The molecule has 0 aliphatic rings. The van der Waals surface area contributed by atoms with Crippen molar-refractivity contribution in [2.24, 2.45) is 5.73 Å². The fourth-order valence-corrected chi connectivity index (χ4v) is 1.76. The van der Waals surface area contributed by atoms with E-state index in [4.69, 9.17) is 5.73 Å². The largest absolute Gasteiger partial charge is 0.320 e. The van der Waals surface area contributed by atoms with Gasteiger partial charge in [0.05, 0.1) is 6.04 Å². The number of hydrogen-bond acceptors (Lipinski definition) is 2. The molecule has 1 heterocycles. The molecule has 88 valence electrons. The highest BCUT2D eigenvalue weighted by molar-refractivity contribution is 5.33. The second-order valence-electron chi connectivity index (χ2n) is 4.22. The average Bonchev–Trinajstić information content (AvgIpc) is 2.32. The summed E-state index contributed by atoms with van der Waals surface area (Å²) in [6, 6.07) is 8.57. The summed E-state index contributed by atoms with van der Waals surface area (Å²) in [4.78, 5) is 4.12. The Bertz CT molecular complexity index is 537. The topological polar surface area (TPSA) is 38.9 Å². The molecule has 0 radical (unpaired) electrons. The van der Waals surface area contributed by atoms with Gasteiger partial charge in [-0.1, -0.05) is 12.1 Å². The van der Waals surface area contributed by atoms with Gasteiger partial charge in [0.25, 0.3) is 0 Å². The zero-order valence-corrected chi connectivity index (χ0v) is 9.94. The van der Waals surface area contributed by atoms with Crippen molar-refractivity contribution < 1.29 is 4.39 Å². The molecule has 0 saturated heterocycles. The first-order chi connectivity index (χ1) is 8.08. The van der Waals surface area contributed by atoms with E-state index >= 15 is 0 Å². The molecule has 0 fully saturated rings. The number of pyridine rings is 1. The van der Waals surface area contributed by atoms with Gasteiger partial charge in [0.1, 0.15) is 5.82 Å². The molecule has 0 saturated carbocycles. The van der Waals surface area contributed by atoms with Crippen molar-refractivity contribution in [3.63, 3.8) is 0 Å². The highest BCUT2D eigenvalue weighted by Crippen LogP contribution is 2.21. The van der Waals surface area contributed by atoms with Gasteiger partial charge in [0.15, 0.2) is 0 Å². The van der Waals surface area contributed by atoms with Gasteiger partial charge in [-0.2, -0.15) is 0 Å². The molecule has 17 heavy (non-hydrogen) atoms. The van der Waals surface area contributed by atoms with Crippen LogP contribution in [0.4, 0.5) is 4.39 Å². The summed E-state index contributed by atoms with van der Waals surface area (Å²) in [6.45, 7) is 3.65. The lowest BCUT2D eigenvalue weighted by atomic mass is 9.99. The van der Waals surface area contributed by atoms with E-state index < -0.39 is 0 Å². The van der Waals surface area contributed by atoms with Crippen LogP contribution in [0.1, 0.15) is 28.4 Å². The first-order valence-electron chi connectivity index (χ1n) is 5.52. The van der Waals surface area contributed by atoms with Crippen LogP contribution in [0.3, 0.4) is 0 Å². The van der Waals surface area contributed by atoms with Crippen LogP contribution in [0.15, 0.2) is 36.5 Å². The quantitative estimate of drug-likeness (QED) is 0.861. The van der Waals surface area contributed by atoms with Crippen LogP contribution in [-0.2, 0) is 0 Å². The molecular weight excluding hydrogens is 215 g/mol. The van der Waals surface area contributed by atoms with Crippen LogP contribution in [0.5, 0.6) is 0 Å². The zero-order chi connectivity index (χ0) is 12.4. The minimum atomic E-state index is -0.313. The van der Waals surface area contributed by atoms with Gasteiger partial charge in [0, 0.05) is 11.9 Å². The van der Waals surface area contributed by atoms with Gasteiger partial charge in [-0.3, -0.25) is 4.98 Å². The summed E-state index contributed by atoms with van der Waals surface area (Å²) >= 11 is 0. The Labute approximate surface area is 100 Å². The SMILES string of the molecule is Cc1cc(C(N)c2ccc(C)c(F)c2)ccn1. The smallest absolute Gasteiger partial charge is 0.126 e. The van der Waals surface area contributed by atoms with Crippen molar-refractivity contribution in [1.82, 2.24) is 4.98 Å². The molecular formula is C14H15FN2. The van der Waals surface area contributed by atoms with Crippen molar-refractivity contribution in [3.05, 3.63) is 64.7 Å². The first kappa shape index (κ1) is 11.7. The highest BCUT2D eigenvalue weighted by Gasteiger charge is 2.10. The Morgan fingerprint density at radius 1 is 1.12 bits per heavy atom. The third kappa shape index (κ3) is 2.50. The van der Waals surface area contributed by atoms with E-state index in [0.717, 1.165) is 16.8 Å². The minimum Gasteiger partial charge on any atom is -0.320 e. The van der Waals surface area contributed by atoms with Crippen molar-refractivity contribution in [2.45, 2.75) is 19.9 Å². The summed E-state index contributed by atoms with van der Waals surface area (Å²) in [7, 11) is 0. The third-order valence-corrected chi connectivity index (χ3v) is 2.83. The van der Waals surface area contributed by atoms with E-state index in [0.29, 0.717) is 5.56 Å². The van der Waals surface area contributed by atoms with E-state index in [9.17, 15) is 4.39 Å². The predicted octanol–water partition coefficient (Wildman–Crippen LogP) is 2.89. The molecule has 1 unspecified atom stereocenters. The molecule has 1 aromatic heterocycles. The summed E-state index contributed by atoms with van der Waals surface area (Å²) in [6.07, 6.45) is 1.72. The van der Waals surface area contributed by atoms with Crippen molar-refractivity contribution in [3.8, 4) is 0 Å². The van der Waals surface area contributed by atoms with Crippen LogP contribution >= 0.6 is 0 Å². The Hall–Kier alpha value is -1.74. The van der Waals surface area contributed by atoms with E-state index in [-0.39, 0.29) is 11.9 Å². The number of aromatic nitrogens is 1. The highest BCUT2D eigenvalue weighted by atomic mass is 19.1. The van der Waals surface area contributed by atoms with Crippen LogP contribution in [-0.4, -0.2) is 4.98 Å². The molecule has 0 aliphatic heterocycles. The number of nitrogens with two attached hydrogens (primary N) is 1. The van der Waals surface area contributed by atoms with Crippen molar-refractivity contribution >= 4 is 0 Å². The minimum absolute atomic E-state index is 0.219. The van der Waals surface area contributed by atoms with Gasteiger partial charge in [0.2, 0.25) is 0 Å². The lowest BCUT2D eigenvalue weighted by molar-refractivity contribution is 0.614. The Balaban J connectivity index is 2.36. The Morgan fingerprint density at radius 3 is 2.47 bits per heavy atom. The lowest BCUT2D eigenvalue weighted by Crippen LogP contribution is -2.12. The van der Waals surface area contributed by atoms with Crippen LogP contribution in [0, 0.1) is 19.7 Å². The average molecular weight is 230 g/mol. The number of rotatable bonds is 2. The molecule has 1 aromatic carbocycles. The maximum atomic E-state index is 13.5. The summed E-state index contributed by atoms with van der Waals surface area (Å²) < 4.78 is 13.5. The van der Waals surface area contributed by atoms with E-state index in [2.05, 4.69) is 4.98 Å². The van der Waals surface area contributed by atoms with Gasteiger partial charge >= 0.3 is 0 Å². The van der Waals surface area contributed by atoms with E-state index in [1.807, 2.05) is 25.1 Å². The number of benzene rings is 1. The predicted molar refractivity (Wildman–Crippen MR) is 66.1 cm³/mol. The van der Waals surface area contributed by atoms with Crippen molar-refractivity contribution in [1.29, 1.82) is 0 Å². The Kier molecular flexibility index (Phi) is 3.20. The normalized spacial score (nSPS) is 12.5.